The van der Waals surface area contributed by atoms with E-state index in [0.29, 0.717) is 0 Å². The van der Waals surface area contributed by atoms with Crippen molar-refractivity contribution >= 4 is 16.8 Å². The summed E-state index contributed by atoms with van der Waals surface area (Å²) in [5.41, 5.74) is 6.06. The zero-order valence-corrected chi connectivity index (χ0v) is 13.5. The lowest BCUT2D eigenvalue weighted by Crippen LogP contribution is -2.39. The van der Waals surface area contributed by atoms with Gasteiger partial charge in [0, 0.05) is 30.1 Å². The highest BCUT2D eigenvalue weighted by Crippen LogP contribution is 2.38. The molecule has 1 aliphatic rings. The van der Waals surface area contributed by atoms with Gasteiger partial charge in [-0.1, -0.05) is 48.0 Å². The number of carbonyl (C=O) groups excluding carboxylic acids is 1. The Morgan fingerprint density at radius 1 is 1.17 bits per heavy atom. The summed E-state index contributed by atoms with van der Waals surface area (Å²) < 4.78 is 0. The van der Waals surface area contributed by atoms with Crippen molar-refractivity contribution < 1.29 is 4.79 Å². The number of nitrogens with zero attached hydrogens (tertiary/aromatic N) is 1. The predicted molar refractivity (Wildman–Crippen MR) is 92.4 cm³/mol. The van der Waals surface area contributed by atoms with Gasteiger partial charge in [0.1, 0.15) is 0 Å². The van der Waals surface area contributed by atoms with Crippen LogP contribution < -0.4 is 0 Å². The lowest BCUT2D eigenvalue weighted by Gasteiger charge is -2.35. The first-order valence-corrected chi connectivity index (χ1v) is 8.08. The zero-order chi connectivity index (χ0) is 16.0. The molecule has 3 aromatic rings. The Kier molecular flexibility index (Phi) is 3.22. The van der Waals surface area contributed by atoms with Crippen molar-refractivity contribution in [1.82, 2.24) is 9.88 Å². The van der Waals surface area contributed by atoms with Crippen LogP contribution in [0.4, 0.5) is 0 Å². The van der Waals surface area contributed by atoms with Crippen molar-refractivity contribution in [3.63, 3.8) is 0 Å². The fraction of sp³-hybridized carbons (Fsp3) is 0.250. The Balaban J connectivity index is 1.95. The molecule has 0 radical (unpaired) electrons. The molecule has 3 nitrogen and oxygen atoms in total. The second kappa shape index (κ2) is 5.27. The van der Waals surface area contributed by atoms with Crippen molar-refractivity contribution in [3.8, 4) is 0 Å². The highest BCUT2D eigenvalue weighted by molar-refractivity contribution is 5.86. The van der Waals surface area contributed by atoms with Crippen LogP contribution in [-0.2, 0) is 11.2 Å². The number of hydrogen-bond acceptors (Lipinski definition) is 1. The van der Waals surface area contributed by atoms with Gasteiger partial charge in [-0.25, -0.2) is 0 Å². The molecule has 3 heteroatoms. The van der Waals surface area contributed by atoms with Gasteiger partial charge in [0.2, 0.25) is 5.91 Å². The van der Waals surface area contributed by atoms with Crippen LogP contribution in [0.15, 0.2) is 48.5 Å². The lowest BCUT2D eigenvalue weighted by atomic mass is 9.91. The van der Waals surface area contributed by atoms with Gasteiger partial charge in [-0.15, -0.1) is 0 Å². The highest BCUT2D eigenvalue weighted by atomic mass is 16.2. The molecule has 0 saturated heterocycles. The molecule has 1 aromatic heterocycles. The molecule has 1 aliphatic heterocycles. The molecule has 116 valence electrons. The molecule has 4 rings (SSSR count). The minimum absolute atomic E-state index is 0.0245. The Bertz CT molecular complexity index is 894. The van der Waals surface area contributed by atoms with Crippen LogP contribution in [0.1, 0.15) is 35.3 Å². The van der Waals surface area contributed by atoms with Crippen molar-refractivity contribution in [2.24, 2.45) is 0 Å². The Labute approximate surface area is 135 Å². The summed E-state index contributed by atoms with van der Waals surface area (Å²) in [5.74, 6) is 0.126. The largest absolute Gasteiger partial charge is 0.356 e. The molecule has 0 saturated carbocycles. The summed E-state index contributed by atoms with van der Waals surface area (Å²) in [6.45, 7) is 4.52. The normalized spacial score (nSPS) is 17.3. The Hall–Kier alpha value is -2.55. The topological polar surface area (TPSA) is 36.1 Å². The van der Waals surface area contributed by atoms with E-state index in [1.165, 1.54) is 27.8 Å². The number of rotatable bonds is 1. The molecular weight excluding hydrogens is 284 g/mol. The van der Waals surface area contributed by atoms with Crippen LogP contribution in [0.3, 0.4) is 0 Å². The van der Waals surface area contributed by atoms with E-state index in [4.69, 9.17) is 0 Å². The van der Waals surface area contributed by atoms with Crippen molar-refractivity contribution in [2.75, 3.05) is 6.54 Å². The summed E-state index contributed by atoms with van der Waals surface area (Å²) in [5, 5.41) is 1.28. The van der Waals surface area contributed by atoms with Crippen LogP contribution in [0, 0.1) is 6.92 Å². The van der Waals surface area contributed by atoms with Crippen LogP contribution in [0.2, 0.25) is 0 Å². The minimum atomic E-state index is -0.0245. The quantitative estimate of drug-likeness (QED) is 0.725. The van der Waals surface area contributed by atoms with Crippen molar-refractivity contribution in [2.45, 2.75) is 26.3 Å². The molecule has 0 aliphatic carbocycles. The van der Waals surface area contributed by atoms with Gasteiger partial charge in [0.05, 0.1) is 6.04 Å². The van der Waals surface area contributed by atoms with E-state index in [2.05, 4.69) is 60.4 Å². The van der Waals surface area contributed by atoms with E-state index < -0.39 is 0 Å². The van der Waals surface area contributed by atoms with E-state index in [0.717, 1.165) is 18.5 Å². The summed E-state index contributed by atoms with van der Waals surface area (Å²) in [6.07, 6.45) is 0.904. The summed E-state index contributed by atoms with van der Waals surface area (Å²) in [6, 6.07) is 16.8. The molecular formula is C20H20N2O. The minimum Gasteiger partial charge on any atom is -0.356 e. The van der Waals surface area contributed by atoms with Crippen LogP contribution in [0.5, 0.6) is 0 Å². The molecule has 1 atom stereocenters. The van der Waals surface area contributed by atoms with E-state index in [9.17, 15) is 4.79 Å². The molecule has 1 amide bonds. The molecule has 2 aromatic carbocycles. The first-order chi connectivity index (χ1) is 11.1. The molecule has 0 bridgehead atoms. The maximum absolute atomic E-state index is 12.2. The third-order valence-corrected chi connectivity index (χ3v) is 4.80. The fourth-order valence-electron chi connectivity index (χ4n) is 3.77. The number of aryl methyl sites for hydroxylation is 1. The second-order valence-electron chi connectivity index (χ2n) is 6.34. The van der Waals surface area contributed by atoms with Crippen LogP contribution in [-0.4, -0.2) is 22.3 Å². The van der Waals surface area contributed by atoms with Gasteiger partial charge in [-0.2, -0.15) is 0 Å². The molecule has 0 spiro atoms. The number of benzene rings is 2. The average Bonchev–Trinajstić information content (AvgIpc) is 2.92. The standard InChI is InChI=1S/C20H20N2O/c1-13-6-5-7-15(12-13)20-19-17(10-11-22(20)14(2)23)16-8-3-4-9-18(16)21-19/h3-9,12,20-21H,10-11H2,1-2H3/t20-/m1/s1. The highest BCUT2D eigenvalue weighted by Gasteiger charge is 2.32. The van der Waals surface area contributed by atoms with Gasteiger partial charge < -0.3 is 9.88 Å². The van der Waals surface area contributed by atoms with E-state index in [1.54, 1.807) is 6.92 Å². The maximum Gasteiger partial charge on any atom is 0.220 e. The molecule has 1 N–H and O–H groups in total. The third kappa shape index (κ3) is 2.24. The second-order valence-corrected chi connectivity index (χ2v) is 6.34. The Morgan fingerprint density at radius 2 is 2.00 bits per heavy atom. The fourth-order valence-corrected chi connectivity index (χ4v) is 3.77. The van der Waals surface area contributed by atoms with E-state index >= 15 is 0 Å². The number of nitrogens with one attached hydrogen (secondary N) is 1. The number of H-pyrrole nitrogens is 1. The molecule has 0 unspecified atom stereocenters. The number of aromatic amines is 1. The predicted octanol–water partition coefficient (Wildman–Crippen LogP) is 3.97. The molecule has 2 heterocycles. The number of aromatic nitrogens is 1. The maximum atomic E-state index is 12.2. The number of para-hydroxylation sites is 1. The number of carbonyl (C=O) groups is 1. The van der Waals surface area contributed by atoms with Gasteiger partial charge in [-0.05, 0) is 30.5 Å². The number of hydrogen-bond donors (Lipinski definition) is 1. The number of amides is 1. The SMILES string of the molecule is CC(=O)N1CCc2c([nH]c3ccccc23)[C@H]1c1cccc(C)c1. The van der Waals surface area contributed by atoms with Crippen LogP contribution in [0.25, 0.3) is 10.9 Å². The third-order valence-electron chi connectivity index (χ3n) is 4.80. The first kappa shape index (κ1) is 14.1. The van der Waals surface area contributed by atoms with Crippen LogP contribution >= 0.6 is 0 Å². The monoisotopic (exact) mass is 304 g/mol. The smallest absolute Gasteiger partial charge is 0.220 e. The summed E-state index contributed by atoms with van der Waals surface area (Å²) >= 11 is 0. The first-order valence-electron chi connectivity index (χ1n) is 8.08. The average molecular weight is 304 g/mol. The molecule has 23 heavy (non-hydrogen) atoms. The lowest BCUT2D eigenvalue weighted by molar-refractivity contribution is -0.130. The molecule has 0 fully saturated rings. The van der Waals surface area contributed by atoms with Gasteiger partial charge in [0.15, 0.2) is 0 Å². The van der Waals surface area contributed by atoms with Gasteiger partial charge in [0.25, 0.3) is 0 Å². The summed E-state index contributed by atoms with van der Waals surface area (Å²) in [4.78, 5) is 17.8. The van der Waals surface area contributed by atoms with Crippen molar-refractivity contribution in [1.29, 1.82) is 0 Å². The Morgan fingerprint density at radius 3 is 2.78 bits per heavy atom. The van der Waals surface area contributed by atoms with Crippen molar-refractivity contribution in [3.05, 3.63) is 70.9 Å². The zero-order valence-electron chi connectivity index (χ0n) is 13.5. The number of fused-ring (bicyclic) bond motifs is 3. The van der Waals surface area contributed by atoms with Gasteiger partial charge in [-0.3, -0.25) is 4.79 Å². The summed E-state index contributed by atoms with van der Waals surface area (Å²) in [7, 11) is 0. The van der Waals surface area contributed by atoms with E-state index in [1.807, 2.05) is 4.90 Å². The van der Waals surface area contributed by atoms with E-state index in [-0.39, 0.29) is 11.9 Å². The van der Waals surface area contributed by atoms with Gasteiger partial charge >= 0.3 is 0 Å².